The average molecular weight is 1030 g/mol. The van der Waals surface area contributed by atoms with Gasteiger partial charge in [0.05, 0.1) is 43.4 Å². The fourth-order valence-electron chi connectivity index (χ4n) is 9.66. The maximum Gasteiger partial charge on any atom is 0.305 e. The van der Waals surface area contributed by atoms with Crippen molar-refractivity contribution < 1.29 is 42.6 Å². The highest BCUT2D eigenvalue weighted by Crippen LogP contribution is 2.41. The number of hydrogen-bond acceptors (Lipinski definition) is 12. The van der Waals surface area contributed by atoms with Crippen LogP contribution >= 0.6 is 0 Å². The number of hydrogen-bond donors (Lipinski definition) is 2. The molecule has 0 spiro atoms. The van der Waals surface area contributed by atoms with E-state index in [2.05, 4.69) is 77.1 Å². The van der Waals surface area contributed by atoms with Gasteiger partial charge in [0.15, 0.2) is 5.67 Å². The van der Waals surface area contributed by atoms with Crippen molar-refractivity contribution in [1.82, 2.24) is 40.0 Å². The fraction of sp³-hybridized carbons (Fsp3) is 0.643. The number of methoxy groups -OCH3 is 1. The highest BCUT2D eigenvalue weighted by Gasteiger charge is 2.47. The van der Waals surface area contributed by atoms with E-state index in [4.69, 9.17) is 19.2 Å². The Kier molecular flexibility index (Phi) is 21.0. The Balaban J connectivity index is 1.16. The van der Waals surface area contributed by atoms with Gasteiger partial charge in [-0.25, -0.2) is 9.82 Å². The molecular formula is C56H84FN9O8. The summed E-state index contributed by atoms with van der Waals surface area (Å²) >= 11 is 0. The van der Waals surface area contributed by atoms with Crippen LogP contribution < -0.4 is 15.6 Å². The summed E-state index contributed by atoms with van der Waals surface area (Å²) in [6.45, 7) is 22.1. The number of amides is 4. The van der Waals surface area contributed by atoms with E-state index in [-0.39, 0.29) is 51.5 Å². The van der Waals surface area contributed by atoms with E-state index in [1.54, 1.807) is 34.1 Å². The van der Waals surface area contributed by atoms with Gasteiger partial charge in [0.1, 0.15) is 12.1 Å². The Bertz CT molecular complexity index is 2480. The lowest BCUT2D eigenvalue weighted by atomic mass is 9.84. The molecule has 17 nitrogen and oxygen atoms in total. The Hall–Kier alpha value is -5.61. The number of aromatic nitrogens is 2. The summed E-state index contributed by atoms with van der Waals surface area (Å²) in [6.07, 6.45) is 3.03. The maximum atomic E-state index is 16.4. The van der Waals surface area contributed by atoms with Gasteiger partial charge in [0.2, 0.25) is 5.91 Å². The predicted molar refractivity (Wildman–Crippen MR) is 286 cm³/mol. The largest absolute Gasteiger partial charge is 0.465 e. The monoisotopic (exact) mass is 1030 g/mol. The summed E-state index contributed by atoms with van der Waals surface area (Å²) < 4.78 is 36.0. The molecule has 2 aliphatic heterocycles. The fourth-order valence-corrected chi connectivity index (χ4v) is 9.66. The molecule has 0 bridgehead atoms. The minimum Gasteiger partial charge on any atom is -0.465 e. The number of esters is 1. The van der Waals surface area contributed by atoms with Crippen LogP contribution in [-0.2, 0) is 57.8 Å². The second-order valence-corrected chi connectivity index (χ2v) is 21.6. The first-order valence-corrected chi connectivity index (χ1v) is 26.4. The molecule has 2 fully saturated rings. The quantitative estimate of drug-likeness (QED) is 0.0492. The van der Waals surface area contributed by atoms with Gasteiger partial charge in [0, 0.05) is 113 Å². The number of carbonyl (C=O) groups is 5. The summed E-state index contributed by atoms with van der Waals surface area (Å²) in [7, 11) is 6.80. The molecule has 3 aromatic rings. The number of alkyl halides is 1. The van der Waals surface area contributed by atoms with Crippen molar-refractivity contribution >= 4 is 46.2 Å². The number of fused-ring (bicyclic) bond motifs is 1. The van der Waals surface area contributed by atoms with Gasteiger partial charge in [-0.1, -0.05) is 40.5 Å². The molecule has 0 aliphatic carbocycles. The third kappa shape index (κ3) is 14.8. The average Bonchev–Trinajstić information content (AvgIpc) is 3.67. The van der Waals surface area contributed by atoms with Crippen LogP contribution in [0.5, 0.6) is 0 Å². The Morgan fingerprint density at radius 2 is 1.66 bits per heavy atom. The van der Waals surface area contributed by atoms with Crippen LogP contribution in [-0.4, -0.2) is 169 Å². The molecule has 5 rings (SSSR count). The van der Waals surface area contributed by atoms with Gasteiger partial charge in [0.25, 0.3) is 17.7 Å². The molecule has 74 heavy (non-hydrogen) atoms. The van der Waals surface area contributed by atoms with Crippen LogP contribution in [0.4, 0.5) is 10.1 Å². The number of nitrogens with zero attached hydrogens (tertiary/aromatic N) is 7. The number of rotatable bonds is 23. The molecule has 2 aliphatic rings. The van der Waals surface area contributed by atoms with Crippen LogP contribution in [0, 0.1) is 23.2 Å². The molecule has 2 saturated heterocycles. The van der Waals surface area contributed by atoms with Crippen LogP contribution in [0.2, 0.25) is 0 Å². The first-order chi connectivity index (χ1) is 35.0. The topological polar surface area (TPSA) is 171 Å². The number of aryl methyl sites for hydroxylation is 1. The number of morpholine rings is 1. The lowest BCUT2D eigenvalue weighted by Crippen LogP contribution is -2.60. The highest BCUT2D eigenvalue weighted by atomic mass is 19.1. The van der Waals surface area contributed by atoms with E-state index >= 15 is 4.39 Å². The first-order valence-electron chi connectivity index (χ1n) is 26.4. The van der Waals surface area contributed by atoms with Crippen molar-refractivity contribution in [2.45, 2.75) is 137 Å². The normalized spacial score (nSPS) is 15.9. The molecule has 4 amide bonds. The van der Waals surface area contributed by atoms with Gasteiger partial charge in [-0.3, -0.25) is 38.9 Å². The number of pyridine rings is 1. The molecule has 2 aromatic heterocycles. The lowest BCUT2D eigenvalue weighted by molar-refractivity contribution is -0.154. The van der Waals surface area contributed by atoms with Crippen LogP contribution in [0.1, 0.15) is 106 Å². The predicted octanol–water partition coefficient (Wildman–Crippen LogP) is 6.00. The third-order valence-electron chi connectivity index (χ3n) is 14.4. The number of benzene rings is 1. The number of ether oxygens (including phenoxy) is 3. The first kappa shape index (κ1) is 59.3. The van der Waals surface area contributed by atoms with Crippen molar-refractivity contribution in [3.63, 3.8) is 0 Å². The SMILES string of the molecule is CCNN(CCCCC(=O)OCC(C)(C)Cc1c(-c2cccnc2COC)n(CC)c2ccc(N3CCOCC3)cc12)C(=O)C(C)NC(=O)C(C(C)C)N(C)C(=O)C1(F)CCN(C(=O)C#CC(C)(C)N(C)C)CC1. The number of unbranched alkanes of at least 4 members (excludes halogenated alkanes) is 1. The molecular weight excluding hydrogens is 946 g/mol. The van der Waals surface area contributed by atoms with Crippen molar-refractivity contribution in [3.05, 3.63) is 47.8 Å². The summed E-state index contributed by atoms with van der Waals surface area (Å²) in [6, 6.07) is 8.66. The molecule has 408 valence electrons. The number of piperidine rings is 1. The molecule has 1 aromatic carbocycles. The molecule has 0 saturated carbocycles. The number of likely N-dealkylation sites (tertiary alicyclic amines) is 1. The van der Waals surface area contributed by atoms with E-state index in [1.165, 1.54) is 17.0 Å². The van der Waals surface area contributed by atoms with Crippen molar-refractivity contribution in [2.75, 3.05) is 92.2 Å². The third-order valence-corrected chi connectivity index (χ3v) is 14.4. The molecule has 18 heteroatoms. The van der Waals surface area contributed by atoms with Gasteiger partial charge in [-0.05, 0) is 109 Å². The summed E-state index contributed by atoms with van der Waals surface area (Å²) in [4.78, 5) is 79.1. The van der Waals surface area contributed by atoms with Gasteiger partial charge in [-0.15, -0.1) is 0 Å². The Morgan fingerprint density at radius 3 is 2.28 bits per heavy atom. The van der Waals surface area contributed by atoms with Crippen LogP contribution in [0.3, 0.4) is 0 Å². The standard InChI is InChI=1S/C56H84FN9O8/c1-14-59-66(52(70)40(5)60-51(69)49(39(3)4)62(12)53(71)56(57)25-29-64(30-26-56)47(67)23-24-55(8,9)61(10)11)28-17-16-20-48(68)74-38-54(6,7)36-44-43-35-41(63-31-33-73-34-32-63)21-22-46(43)65(15-2)50(44)42-19-18-27-58-45(42)37-72-13/h18-19,21-22,27,35,39-40,49,59H,14-17,20,25-26,28-34,36-38H2,1-13H3,(H,60,69). The van der Waals surface area contributed by atoms with Gasteiger partial charge in [-0.2, -0.15) is 0 Å². The zero-order chi connectivity index (χ0) is 54.5. The van der Waals surface area contributed by atoms with E-state index in [0.717, 1.165) is 63.6 Å². The number of likely N-dealkylation sites (N-methyl/N-ethyl adjacent to an activating group) is 1. The van der Waals surface area contributed by atoms with E-state index in [9.17, 15) is 24.0 Å². The van der Waals surface area contributed by atoms with Crippen LogP contribution in [0.25, 0.3) is 22.2 Å². The number of anilines is 1. The van der Waals surface area contributed by atoms with Crippen LogP contribution in [0.15, 0.2) is 36.5 Å². The van der Waals surface area contributed by atoms with Gasteiger partial charge < -0.3 is 38.8 Å². The minimum absolute atomic E-state index is 0.00506. The summed E-state index contributed by atoms with van der Waals surface area (Å²) in [5.41, 5.74) is 6.16. The minimum atomic E-state index is -2.29. The molecule has 2 atom stereocenters. The smallest absolute Gasteiger partial charge is 0.305 e. The van der Waals surface area contributed by atoms with Crippen molar-refractivity contribution in [2.24, 2.45) is 11.3 Å². The molecule has 2 N–H and O–H groups in total. The summed E-state index contributed by atoms with van der Waals surface area (Å²) in [5, 5.41) is 5.35. The van der Waals surface area contributed by atoms with E-state index in [0.29, 0.717) is 45.6 Å². The van der Waals surface area contributed by atoms with Crippen molar-refractivity contribution in [1.29, 1.82) is 0 Å². The van der Waals surface area contributed by atoms with E-state index < -0.39 is 58.3 Å². The maximum absolute atomic E-state index is 16.4. The van der Waals surface area contributed by atoms with Gasteiger partial charge >= 0.3 is 5.97 Å². The zero-order valence-electron chi connectivity index (χ0n) is 46.5. The Labute approximate surface area is 439 Å². The second-order valence-electron chi connectivity index (χ2n) is 21.6. The molecule has 4 heterocycles. The lowest BCUT2D eigenvalue weighted by Gasteiger charge is -2.39. The van der Waals surface area contributed by atoms with Crippen molar-refractivity contribution in [3.8, 4) is 23.1 Å². The van der Waals surface area contributed by atoms with E-state index in [1.807, 2.05) is 45.8 Å². The number of carbonyl (C=O) groups excluding carboxylic acids is 5. The Morgan fingerprint density at radius 1 is 0.973 bits per heavy atom. The highest BCUT2D eigenvalue weighted by molar-refractivity contribution is 5.96. The number of nitrogens with one attached hydrogen (secondary N) is 2. The molecule has 2 unspecified atom stereocenters. The zero-order valence-corrected chi connectivity index (χ0v) is 46.5. The second kappa shape index (κ2) is 26.2. The number of hydrazine groups is 1. The molecule has 0 radical (unpaired) electrons. The summed E-state index contributed by atoms with van der Waals surface area (Å²) in [5.74, 6) is 2.60. The number of halogens is 1.